The van der Waals surface area contributed by atoms with Crippen molar-refractivity contribution in [1.82, 2.24) is 13.7 Å². The molecule has 0 amide bonds. The van der Waals surface area contributed by atoms with E-state index in [1.807, 2.05) is 50.5 Å². The molecule has 32 heavy (non-hydrogen) atoms. The maximum atomic E-state index is 13.5. The summed E-state index contributed by atoms with van der Waals surface area (Å²) in [5.41, 5.74) is 4.42. The van der Waals surface area contributed by atoms with E-state index in [-0.39, 0.29) is 12.2 Å². The number of carboxylic acids is 1. The summed E-state index contributed by atoms with van der Waals surface area (Å²) in [6, 6.07) is 13.6. The molecule has 0 aliphatic heterocycles. The molecule has 0 spiro atoms. The lowest BCUT2D eigenvalue weighted by molar-refractivity contribution is -0.146. The highest BCUT2D eigenvalue weighted by Gasteiger charge is 2.28. The average Bonchev–Trinajstić information content (AvgIpc) is 3.22. The SMILES string of the molecule is CCCC(O)C(Cn1c(=O)n(Cc2cn(C)c3cccc(C)c23)c2ccccc21)C(=O)O. The summed E-state index contributed by atoms with van der Waals surface area (Å²) in [7, 11) is 1.99. The van der Waals surface area contributed by atoms with Crippen LogP contribution in [0.15, 0.2) is 53.5 Å². The molecule has 168 valence electrons. The predicted octanol–water partition coefficient (Wildman–Crippen LogP) is 3.51. The van der Waals surface area contributed by atoms with E-state index in [9.17, 15) is 19.8 Å². The zero-order valence-corrected chi connectivity index (χ0v) is 18.7. The minimum Gasteiger partial charge on any atom is -0.481 e. The molecule has 0 radical (unpaired) electrons. The number of hydrogen-bond donors (Lipinski definition) is 2. The Morgan fingerprint density at radius 2 is 1.69 bits per heavy atom. The number of aliphatic hydroxyl groups excluding tert-OH is 1. The van der Waals surface area contributed by atoms with E-state index in [4.69, 9.17) is 0 Å². The van der Waals surface area contributed by atoms with Crippen molar-refractivity contribution in [2.45, 2.75) is 45.9 Å². The fraction of sp³-hybridized carbons (Fsp3) is 0.360. The van der Waals surface area contributed by atoms with Crippen LogP contribution in [0.5, 0.6) is 0 Å². The summed E-state index contributed by atoms with van der Waals surface area (Å²) in [5.74, 6) is -2.15. The molecule has 2 N–H and O–H groups in total. The van der Waals surface area contributed by atoms with Gasteiger partial charge in [-0.25, -0.2) is 4.79 Å². The summed E-state index contributed by atoms with van der Waals surface area (Å²) >= 11 is 0. The zero-order chi connectivity index (χ0) is 23.0. The lowest BCUT2D eigenvalue weighted by Gasteiger charge is -2.19. The third-order valence-electron chi connectivity index (χ3n) is 6.30. The van der Waals surface area contributed by atoms with Crippen LogP contribution in [-0.4, -0.2) is 36.0 Å². The lowest BCUT2D eigenvalue weighted by atomic mass is 9.98. The Morgan fingerprint density at radius 1 is 1.03 bits per heavy atom. The van der Waals surface area contributed by atoms with Crippen LogP contribution in [0.4, 0.5) is 0 Å². The Kier molecular flexibility index (Phi) is 5.93. The van der Waals surface area contributed by atoms with Crippen molar-refractivity contribution in [3.63, 3.8) is 0 Å². The second-order valence-electron chi connectivity index (χ2n) is 8.50. The number of para-hydroxylation sites is 2. The first-order valence-electron chi connectivity index (χ1n) is 11.0. The number of imidazole rings is 1. The first kappa shape index (κ1) is 21.9. The van der Waals surface area contributed by atoms with E-state index in [2.05, 4.69) is 23.6 Å². The van der Waals surface area contributed by atoms with Crippen molar-refractivity contribution in [1.29, 1.82) is 0 Å². The van der Waals surface area contributed by atoms with E-state index in [0.717, 1.165) is 27.5 Å². The zero-order valence-electron chi connectivity index (χ0n) is 18.7. The topological polar surface area (TPSA) is 89.4 Å². The number of aliphatic hydroxyl groups is 1. The molecule has 7 heteroatoms. The van der Waals surface area contributed by atoms with Gasteiger partial charge >= 0.3 is 11.7 Å². The van der Waals surface area contributed by atoms with E-state index in [1.54, 1.807) is 4.57 Å². The number of aryl methyl sites for hydroxylation is 2. The van der Waals surface area contributed by atoms with Crippen molar-refractivity contribution < 1.29 is 15.0 Å². The minimum atomic E-state index is -1.10. The Bertz CT molecular complexity index is 1340. The summed E-state index contributed by atoms with van der Waals surface area (Å²) in [6.45, 7) is 4.26. The molecule has 2 aromatic carbocycles. The molecule has 4 aromatic rings. The summed E-state index contributed by atoms with van der Waals surface area (Å²) in [6.07, 6.45) is 2.08. The predicted molar refractivity (Wildman–Crippen MR) is 125 cm³/mol. The molecule has 0 saturated carbocycles. The van der Waals surface area contributed by atoms with Crippen molar-refractivity contribution >= 4 is 27.9 Å². The van der Waals surface area contributed by atoms with Gasteiger partial charge in [0.25, 0.3) is 0 Å². The molecule has 0 bridgehead atoms. The van der Waals surface area contributed by atoms with Crippen LogP contribution in [0, 0.1) is 12.8 Å². The third kappa shape index (κ3) is 3.73. The van der Waals surface area contributed by atoms with Gasteiger partial charge in [-0.2, -0.15) is 0 Å². The average molecular weight is 436 g/mol. The standard InChI is InChI=1S/C25H29N3O4/c1-4-8-22(29)18(24(30)31)15-28-20-11-6-5-10-19(20)27(25(28)32)14-17-13-26(3)21-12-7-9-16(2)23(17)21/h5-7,9-13,18,22,29H,4,8,14-15H2,1-3H3,(H,30,31). The van der Waals surface area contributed by atoms with Crippen LogP contribution in [0.3, 0.4) is 0 Å². The van der Waals surface area contributed by atoms with Gasteiger partial charge in [0.2, 0.25) is 0 Å². The quantitative estimate of drug-likeness (QED) is 0.443. The minimum absolute atomic E-state index is 0.0720. The van der Waals surface area contributed by atoms with Gasteiger partial charge in [-0.1, -0.05) is 37.6 Å². The number of hydrogen-bond acceptors (Lipinski definition) is 3. The van der Waals surface area contributed by atoms with Gasteiger partial charge < -0.3 is 14.8 Å². The molecule has 7 nitrogen and oxygen atoms in total. The van der Waals surface area contributed by atoms with Crippen LogP contribution in [0.25, 0.3) is 21.9 Å². The molecule has 0 aliphatic rings. The normalized spacial score (nSPS) is 13.6. The number of aliphatic carboxylic acids is 1. The highest BCUT2D eigenvalue weighted by molar-refractivity contribution is 5.87. The molecule has 2 heterocycles. The summed E-state index contributed by atoms with van der Waals surface area (Å²) in [5, 5.41) is 21.2. The first-order valence-corrected chi connectivity index (χ1v) is 11.0. The van der Waals surface area contributed by atoms with E-state index >= 15 is 0 Å². The first-order chi connectivity index (χ1) is 15.3. The number of carboxylic acid groups (broad SMARTS) is 1. The summed E-state index contributed by atoms with van der Waals surface area (Å²) in [4.78, 5) is 25.4. The Balaban J connectivity index is 1.82. The second-order valence-corrected chi connectivity index (χ2v) is 8.50. The highest BCUT2D eigenvalue weighted by Crippen LogP contribution is 2.26. The molecule has 4 rings (SSSR count). The van der Waals surface area contributed by atoms with Gasteiger partial charge in [-0.05, 0) is 42.7 Å². The maximum Gasteiger partial charge on any atom is 0.329 e. The van der Waals surface area contributed by atoms with Crippen molar-refractivity contribution in [3.05, 3.63) is 70.3 Å². The van der Waals surface area contributed by atoms with E-state index < -0.39 is 18.0 Å². The van der Waals surface area contributed by atoms with E-state index in [1.165, 1.54) is 4.57 Å². The Hall–Kier alpha value is -3.32. The molecule has 0 fully saturated rings. The van der Waals surface area contributed by atoms with Gasteiger partial charge in [-0.3, -0.25) is 13.9 Å². The van der Waals surface area contributed by atoms with Gasteiger partial charge in [0, 0.05) is 30.7 Å². The largest absolute Gasteiger partial charge is 0.481 e. The number of benzene rings is 2. The molecule has 0 aliphatic carbocycles. The Morgan fingerprint density at radius 3 is 2.34 bits per heavy atom. The van der Waals surface area contributed by atoms with Crippen molar-refractivity contribution in [2.75, 3.05) is 0 Å². The van der Waals surface area contributed by atoms with Crippen LogP contribution in [0.2, 0.25) is 0 Å². The van der Waals surface area contributed by atoms with Crippen molar-refractivity contribution in [2.24, 2.45) is 13.0 Å². The number of aromatic nitrogens is 3. The highest BCUT2D eigenvalue weighted by atomic mass is 16.4. The number of fused-ring (bicyclic) bond motifs is 2. The fourth-order valence-electron chi connectivity index (χ4n) is 4.68. The molecule has 2 atom stereocenters. The fourth-order valence-corrected chi connectivity index (χ4v) is 4.68. The number of rotatable bonds is 8. The van der Waals surface area contributed by atoms with Crippen LogP contribution < -0.4 is 5.69 Å². The smallest absolute Gasteiger partial charge is 0.329 e. The number of nitrogens with zero attached hydrogens (tertiary/aromatic N) is 3. The molecular weight excluding hydrogens is 406 g/mol. The van der Waals surface area contributed by atoms with Gasteiger partial charge in [0.05, 0.1) is 23.7 Å². The molecular formula is C25H29N3O4. The van der Waals surface area contributed by atoms with Crippen LogP contribution in [0.1, 0.15) is 30.9 Å². The lowest BCUT2D eigenvalue weighted by Crippen LogP contribution is -2.36. The van der Waals surface area contributed by atoms with Gasteiger partial charge in [0.1, 0.15) is 5.92 Å². The second kappa shape index (κ2) is 8.67. The Labute approximate surface area is 186 Å². The van der Waals surface area contributed by atoms with Crippen molar-refractivity contribution in [3.8, 4) is 0 Å². The monoisotopic (exact) mass is 435 g/mol. The van der Waals surface area contributed by atoms with Gasteiger partial charge in [-0.15, -0.1) is 0 Å². The van der Waals surface area contributed by atoms with Crippen LogP contribution >= 0.6 is 0 Å². The summed E-state index contributed by atoms with van der Waals surface area (Å²) < 4.78 is 5.25. The molecule has 0 saturated heterocycles. The van der Waals surface area contributed by atoms with Crippen LogP contribution in [-0.2, 0) is 24.9 Å². The third-order valence-corrected chi connectivity index (χ3v) is 6.30. The molecule has 2 aromatic heterocycles. The molecule has 2 unspecified atom stereocenters. The van der Waals surface area contributed by atoms with E-state index in [0.29, 0.717) is 24.9 Å². The van der Waals surface area contributed by atoms with Gasteiger partial charge in [0.15, 0.2) is 0 Å². The maximum absolute atomic E-state index is 13.5. The number of carbonyl (C=O) groups is 1.